The highest BCUT2D eigenvalue weighted by atomic mass is 79.9. The molecular weight excluding hydrogens is 311 g/mol. The van der Waals surface area contributed by atoms with Crippen LogP contribution in [0.15, 0.2) is 35.1 Å². The first kappa shape index (κ1) is 12.8. The predicted octanol–water partition coefficient (Wildman–Crippen LogP) is 3.49. The van der Waals surface area contributed by atoms with Crippen molar-refractivity contribution in [3.63, 3.8) is 0 Å². The second kappa shape index (κ2) is 4.89. The van der Waals surface area contributed by atoms with Gasteiger partial charge in [-0.25, -0.2) is 13.2 Å². The summed E-state index contributed by atoms with van der Waals surface area (Å²) in [5.41, 5.74) is -1.23. The maximum absolute atomic E-state index is 13.7. The molecule has 1 heterocycles. The van der Waals surface area contributed by atoms with Crippen molar-refractivity contribution in [1.29, 1.82) is 0 Å². The highest BCUT2D eigenvalue weighted by Gasteiger charge is 2.23. The van der Waals surface area contributed by atoms with Crippen molar-refractivity contribution < 1.29 is 18.0 Å². The van der Waals surface area contributed by atoms with Crippen molar-refractivity contribution in [2.75, 3.05) is 0 Å². The van der Waals surface area contributed by atoms with Crippen LogP contribution in [0.4, 0.5) is 13.2 Å². The second-order valence-corrected chi connectivity index (χ2v) is 4.26. The smallest absolute Gasteiger partial charge is 0.202 e. The lowest BCUT2D eigenvalue weighted by Crippen LogP contribution is -2.10. The molecule has 0 N–H and O–H groups in total. The van der Waals surface area contributed by atoms with Crippen LogP contribution >= 0.6 is 15.9 Å². The first-order valence-electron chi connectivity index (χ1n) is 4.80. The maximum atomic E-state index is 13.7. The molecular formula is C12H5BrF3NO. The minimum absolute atomic E-state index is 0.0679. The highest BCUT2D eigenvalue weighted by Crippen LogP contribution is 2.24. The van der Waals surface area contributed by atoms with E-state index in [0.717, 1.165) is 24.4 Å². The van der Waals surface area contributed by atoms with Gasteiger partial charge < -0.3 is 0 Å². The Kier molecular flexibility index (Phi) is 3.47. The van der Waals surface area contributed by atoms with Crippen LogP contribution < -0.4 is 0 Å². The fourth-order valence-corrected chi connectivity index (χ4v) is 1.76. The fraction of sp³-hybridized carbons (Fsp3) is 0. The van der Waals surface area contributed by atoms with Crippen LogP contribution in [0.1, 0.15) is 15.9 Å². The highest BCUT2D eigenvalue weighted by molar-refractivity contribution is 9.10. The Morgan fingerprint density at radius 3 is 2.50 bits per heavy atom. The molecule has 92 valence electrons. The minimum Gasteiger partial charge on any atom is -0.288 e. The molecule has 0 atom stereocenters. The lowest BCUT2D eigenvalue weighted by Gasteiger charge is -2.06. The number of rotatable bonds is 2. The summed E-state index contributed by atoms with van der Waals surface area (Å²) in [5, 5.41) is 0. The molecule has 0 aliphatic heterocycles. The molecule has 2 rings (SSSR count). The number of halogens is 4. The molecule has 0 radical (unpaired) electrons. The van der Waals surface area contributed by atoms with E-state index in [0.29, 0.717) is 0 Å². The zero-order valence-electron chi connectivity index (χ0n) is 8.75. The van der Waals surface area contributed by atoms with Crippen molar-refractivity contribution in [1.82, 2.24) is 4.98 Å². The summed E-state index contributed by atoms with van der Waals surface area (Å²) in [5.74, 6) is -4.10. The summed E-state index contributed by atoms with van der Waals surface area (Å²) in [6.45, 7) is 0. The van der Waals surface area contributed by atoms with Gasteiger partial charge in [-0.15, -0.1) is 0 Å². The first-order chi connectivity index (χ1) is 8.52. The Labute approximate surface area is 109 Å². The number of ketones is 1. The predicted molar refractivity (Wildman–Crippen MR) is 61.7 cm³/mol. The number of aromatic nitrogens is 1. The van der Waals surface area contributed by atoms with Crippen LogP contribution in [0.5, 0.6) is 0 Å². The van der Waals surface area contributed by atoms with E-state index in [1.54, 1.807) is 0 Å². The van der Waals surface area contributed by atoms with Gasteiger partial charge in [-0.3, -0.25) is 9.78 Å². The van der Waals surface area contributed by atoms with E-state index >= 15 is 0 Å². The molecule has 0 fully saturated rings. The van der Waals surface area contributed by atoms with Gasteiger partial charge in [0.1, 0.15) is 5.82 Å². The molecule has 1 aromatic heterocycles. The number of pyridine rings is 1. The lowest BCUT2D eigenvalue weighted by atomic mass is 10.0. The molecule has 0 spiro atoms. The fourth-order valence-electron chi connectivity index (χ4n) is 1.43. The maximum Gasteiger partial charge on any atom is 0.202 e. The van der Waals surface area contributed by atoms with Crippen molar-refractivity contribution in [3.8, 4) is 0 Å². The van der Waals surface area contributed by atoms with Gasteiger partial charge >= 0.3 is 0 Å². The second-order valence-electron chi connectivity index (χ2n) is 3.40. The van der Waals surface area contributed by atoms with Gasteiger partial charge in [0.05, 0.1) is 21.8 Å². The molecule has 0 aliphatic rings. The Balaban J connectivity index is 2.61. The summed E-state index contributed by atoms with van der Waals surface area (Å²) in [4.78, 5) is 15.4. The molecule has 2 nitrogen and oxygen atoms in total. The minimum atomic E-state index is -1.06. The molecule has 0 bridgehead atoms. The third kappa shape index (κ3) is 2.15. The van der Waals surface area contributed by atoms with Crippen LogP contribution in [-0.4, -0.2) is 10.8 Å². The van der Waals surface area contributed by atoms with E-state index in [9.17, 15) is 18.0 Å². The molecule has 0 amide bonds. The Hall–Kier alpha value is -1.69. The number of carbonyl (C=O) groups excluding carboxylic acids is 1. The lowest BCUT2D eigenvalue weighted by molar-refractivity contribution is 0.102. The Morgan fingerprint density at radius 1 is 1.11 bits per heavy atom. The number of nitrogens with zero attached hydrogens (tertiary/aromatic N) is 1. The number of hydrogen-bond donors (Lipinski definition) is 0. The van der Waals surface area contributed by atoms with Crippen LogP contribution in [-0.2, 0) is 0 Å². The van der Waals surface area contributed by atoms with E-state index < -0.39 is 34.4 Å². The molecule has 1 aromatic carbocycles. The van der Waals surface area contributed by atoms with Crippen molar-refractivity contribution in [2.24, 2.45) is 0 Å². The normalized spacial score (nSPS) is 10.4. The molecule has 6 heteroatoms. The molecule has 0 unspecified atom stereocenters. The van der Waals surface area contributed by atoms with Gasteiger partial charge in [0.25, 0.3) is 0 Å². The van der Waals surface area contributed by atoms with Gasteiger partial charge in [0, 0.05) is 6.20 Å². The number of hydrogen-bond acceptors (Lipinski definition) is 2. The first-order valence-corrected chi connectivity index (χ1v) is 5.59. The van der Waals surface area contributed by atoms with Crippen molar-refractivity contribution in [2.45, 2.75) is 0 Å². The molecule has 0 aliphatic carbocycles. The van der Waals surface area contributed by atoms with Crippen LogP contribution in [0, 0.1) is 17.5 Å². The molecule has 0 saturated heterocycles. The summed E-state index contributed by atoms with van der Waals surface area (Å²) < 4.78 is 40.4. The van der Waals surface area contributed by atoms with Crippen molar-refractivity contribution in [3.05, 3.63) is 63.6 Å². The van der Waals surface area contributed by atoms with E-state index in [4.69, 9.17) is 0 Å². The largest absolute Gasteiger partial charge is 0.288 e. The monoisotopic (exact) mass is 315 g/mol. The average molecular weight is 316 g/mol. The SMILES string of the molecule is O=C(c1ccncc1F)c1c(F)ccc(Br)c1F. The van der Waals surface area contributed by atoms with Crippen LogP contribution in [0.3, 0.4) is 0 Å². The molecule has 2 aromatic rings. The standard InChI is InChI=1S/C12H5BrF3NO/c13-7-1-2-8(14)10(11(7)16)12(18)6-3-4-17-5-9(6)15/h1-5H. The van der Waals surface area contributed by atoms with Crippen LogP contribution in [0.2, 0.25) is 0 Å². The van der Waals surface area contributed by atoms with E-state index in [1.165, 1.54) is 6.20 Å². The Morgan fingerprint density at radius 2 is 1.83 bits per heavy atom. The van der Waals surface area contributed by atoms with Crippen molar-refractivity contribution >= 4 is 21.7 Å². The topological polar surface area (TPSA) is 30.0 Å². The van der Waals surface area contributed by atoms with Gasteiger partial charge in [-0.1, -0.05) is 0 Å². The quantitative estimate of drug-likeness (QED) is 0.627. The van der Waals surface area contributed by atoms with Gasteiger partial charge in [-0.05, 0) is 34.1 Å². The Bertz CT molecular complexity index is 631. The third-order valence-corrected chi connectivity index (χ3v) is 2.90. The summed E-state index contributed by atoms with van der Waals surface area (Å²) >= 11 is 2.84. The van der Waals surface area contributed by atoms with Gasteiger partial charge in [0.15, 0.2) is 11.6 Å². The average Bonchev–Trinajstić information content (AvgIpc) is 2.35. The molecule has 0 saturated carbocycles. The zero-order valence-corrected chi connectivity index (χ0v) is 10.3. The van der Waals surface area contributed by atoms with E-state index in [2.05, 4.69) is 20.9 Å². The zero-order chi connectivity index (χ0) is 13.3. The summed E-state index contributed by atoms with van der Waals surface area (Å²) in [7, 11) is 0. The third-order valence-electron chi connectivity index (χ3n) is 2.29. The summed E-state index contributed by atoms with van der Waals surface area (Å²) in [6.07, 6.45) is 1.98. The summed E-state index contributed by atoms with van der Waals surface area (Å²) in [6, 6.07) is 3.13. The molecule has 18 heavy (non-hydrogen) atoms. The van der Waals surface area contributed by atoms with Gasteiger partial charge in [0.2, 0.25) is 5.78 Å². The van der Waals surface area contributed by atoms with Gasteiger partial charge in [-0.2, -0.15) is 0 Å². The van der Waals surface area contributed by atoms with E-state index in [1.807, 2.05) is 0 Å². The van der Waals surface area contributed by atoms with E-state index in [-0.39, 0.29) is 4.47 Å². The number of benzene rings is 1. The van der Waals surface area contributed by atoms with Crippen LogP contribution in [0.25, 0.3) is 0 Å². The number of carbonyl (C=O) groups is 1.